The molecule has 1 atom stereocenters. The van der Waals surface area contributed by atoms with Gasteiger partial charge in [-0.25, -0.2) is 0 Å². The van der Waals surface area contributed by atoms with Crippen LogP contribution in [0.2, 0.25) is 0 Å². The number of nitrogens with zero attached hydrogens (tertiary/aromatic N) is 2. The van der Waals surface area contributed by atoms with Gasteiger partial charge in [0, 0.05) is 22.2 Å². The van der Waals surface area contributed by atoms with Gasteiger partial charge in [-0.1, -0.05) is 12.1 Å². The first kappa shape index (κ1) is 14.3. The van der Waals surface area contributed by atoms with E-state index in [9.17, 15) is 0 Å². The highest BCUT2D eigenvalue weighted by Gasteiger charge is 2.15. The molecule has 0 amide bonds. The van der Waals surface area contributed by atoms with Crippen LogP contribution in [0.3, 0.4) is 0 Å². The third-order valence-electron chi connectivity index (χ3n) is 3.12. The van der Waals surface area contributed by atoms with Gasteiger partial charge in [-0.15, -0.1) is 0 Å². The predicted molar refractivity (Wildman–Crippen MR) is 91.8 cm³/mol. The van der Waals surface area contributed by atoms with E-state index in [-0.39, 0.29) is 6.04 Å². The molecule has 0 fully saturated rings. The van der Waals surface area contributed by atoms with Gasteiger partial charge in [0.2, 0.25) is 5.88 Å². The molecule has 0 saturated carbocycles. The lowest BCUT2D eigenvalue weighted by atomic mass is 10.2. The zero-order chi connectivity index (χ0) is 14.8. The molecule has 0 aliphatic carbocycles. The van der Waals surface area contributed by atoms with Crippen molar-refractivity contribution in [2.24, 2.45) is 5.73 Å². The summed E-state index contributed by atoms with van der Waals surface area (Å²) in [5, 5.41) is 0. The van der Waals surface area contributed by atoms with Crippen molar-refractivity contribution in [3.05, 3.63) is 57.9 Å². The second kappa shape index (κ2) is 6.03. The number of fused-ring (bicyclic) bond motifs is 1. The number of aromatic nitrogens is 2. The third-order valence-corrected chi connectivity index (χ3v) is 3.79. The van der Waals surface area contributed by atoms with Gasteiger partial charge < -0.3 is 14.9 Å². The molecule has 0 radical (unpaired) electrons. The fourth-order valence-corrected chi connectivity index (χ4v) is 2.75. The van der Waals surface area contributed by atoms with E-state index >= 15 is 0 Å². The van der Waals surface area contributed by atoms with Crippen molar-refractivity contribution in [2.75, 3.05) is 0 Å². The Morgan fingerprint density at radius 2 is 2.14 bits per heavy atom. The van der Waals surface area contributed by atoms with Crippen molar-refractivity contribution in [3.8, 4) is 11.6 Å². The first-order chi connectivity index (χ1) is 10.1. The van der Waals surface area contributed by atoms with Crippen molar-refractivity contribution in [2.45, 2.75) is 19.4 Å². The van der Waals surface area contributed by atoms with Crippen LogP contribution >= 0.6 is 22.6 Å². The fraction of sp³-hybridized carbons (Fsp3) is 0.188. The number of hydrogen-bond donors (Lipinski definition) is 1. The number of imidazole rings is 1. The summed E-state index contributed by atoms with van der Waals surface area (Å²) < 4.78 is 9.15. The van der Waals surface area contributed by atoms with Crippen molar-refractivity contribution in [3.63, 3.8) is 0 Å². The van der Waals surface area contributed by atoms with Gasteiger partial charge in [-0.3, -0.25) is 0 Å². The lowest BCUT2D eigenvalue weighted by molar-refractivity contribution is 0.456. The first-order valence-corrected chi connectivity index (χ1v) is 7.86. The lowest BCUT2D eigenvalue weighted by Gasteiger charge is -2.09. The molecule has 0 bridgehead atoms. The summed E-state index contributed by atoms with van der Waals surface area (Å²) in [4.78, 5) is 4.57. The Kier molecular flexibility index (Phi) is 4.12. The quantitative estimate of drug-likeness (QED) is 0.689. The van der Waals surface area contributed by atoms with Gasteiger partial charge in [0.15, 0.2) is 0 Å². The smallest absolute Gasteiger partial charge is 0.241 e. The van der Waals surface area contributed by atoms with Gasteiger partial charge >= 0.3 is 0 Å². The monoisotopic (exact) mass is 393 g/mol. The van der Waals surface area contributed by atoms with Gasteiger partial charge in [-0.2, -0.15) is 4.98 Å². The summed E-state index contributed by atoms with van der Waals surface area (Å²) >= 11 is 2.27. The summed E-state index contributed by atoms with van der Waals surface area (Å²) in [6.07, 6.45) is 2.70. The Hall–Kier alpha value is -1.60. The number of pyridine rings is 1. The Bertz CT molecular complexity index is 767. The first-order valence-electron chi connectivity index (χ1n) is 6.78. The summed E-state index contributed by atoms with van der Waals surface area (Å²) in [7, 11) is 0. The maximum absolute atomic E-state index is 5.98. The van der Waals surface area contributed by atoms with Gasteiger partial charge in [-0.05, 0) is 59.8 Å². The van der Waals surface area contributed by atoms with Crippen molar-refractivity contribution in [1.29, 1.82) is 0 Å². The van der Waals surface area contributed by atoms with Crippen LogP contribution in [-0.4, -0.2) is 15.4 Å². The van der Waals surface area contributed by atoms with Crippen LogP contribution in [0.5, 0.6) is 11.6 Å². The normalized spacial score (nSPS) is 12.5. The maximum Gasteiger partial charge on any atom is 0.241 e. The van der Waals surface area contributed by atoms with Crippen LogP contribution in [0.4, 0.5) is 0 Å². The molecule has 0 aliphatic heterocycles. The molecule has 5 heteroatoms. The zero-order valence-corrected chi connectivity index (χ0v) is 13.8. The van der Waals surface area contributed by atoms with E-state index in [0.29, 0.717) is 12.3 Å². The predicted octanol–water partition coefficient (Wildman–Crippen LogP) is 3.62. The van der Waals surface area contributed by atoms with E-state index in [1.54, 1.807) is 0 Å². The summed E-state index contributed by atoms with van der Waals surface area (Å²) in [6.45, 7) is 1.98. The minimum Gasteiger partial charge on any atom is -0.437 e. The number of benzene rings is 1. The lowest BCUT2D eigenvalue weighted by Crippen LogP contribution is -2.19. The Morgan fingerprint density at radius 1 is 1.29 bits per heavy atom. The molecule has 2 N–H and O–H groups in total. The average molecular weight is 393 g/mol. The fourth-order valence-electron chi connectivity index (χ4n) is 2.24. The molecular formula is C16H16IN3O. The molecule has 1 aromatic carbocycles. The molecule has 2 aromatic heterocycles. The van der Waals surface area contributed by atoms with E-state index in [1.807, 2.05) is 60.0 Å². The largest absolute Gasteiger partial charge is 0.437 e. The molecule has 1 unspecified atom stereocenters. The van der Waals surface area contributed by atoms with Crippen molar-refractivity contribution >= 4 is 28.2 Å². The van der Waals surface area contributed by atoms with E-state index < -0.39 is 0 Å². The topological polar surface area (TPSA) is 52.5 Å². The minimum absolute atomic E-state index is 0.0448. The number of halogens is 1. The highest BCUT2D eigenvalue weighted by Crippen LogP contribution is 2.27. The number of hydrogen-bond acceptors (Lipinski definition) is 3. The molecule has 108 valence electrons. The Labute approximate surface area is 137 Å². The molecule has 3 aromatic rings. The number of nitrogens with two attached hydrogens (primary N) is 1. The minimum atomic E-state index is 0.0448. The highest BCUT2D eigenvalue weighted by molar-refractivity contribution is 14.1. The van der Waals surface area contributed by atoms with Crippen LogP contribution in [0.25, 0.3) is 5.65 Å². The van der Waals surface area contributed by atoms with Crippen LogP contribution in [-0.2, 0) is 6.42 Å². The van der Waals surface area contributed by atoms with Crippen molar-refractivity contribution < 1.29 is 4.74 Å². The van der Waals surface area contributed by atoms with Crippen molar-refractivity contribution in [1.82, 2.24) is 9.38 Å². The van der Waals surface area contributed by atoms with E-state index in [0.717, 1.165) is 20.7 Å². The second-order valence-electron chi connectivity index (χ2n) is 5.03. The Balaban J connectivity index is 2.04. The van der Waals surface area contributed by atoms with Crippen LogP contribution in [0.1, 0.15) is 12.6 Å². The molecule has 4 nitrogen and oxygen atoms in total. The molecule has 0 spiro atoms. The summed E-state index contributed by atoms with van der Waals surface area (Å²) in [5.74, 6) is 1.41. The van der Waals surface area contributed by atoms with Gasteiger partial charge in [0.25, 0.3) is 0 Å². The average Bonchev–Trinajstić information content (AvgIpc) is 2.76. The number of ether oxygens (including phenoxy) is 1. The molecular weight excluding hydrogens is 377 g/mol. The SMILES string of the molecule is CC(N)Cc1c(Oc2cccc(I)c2)nc2ccccn12. The van der Waals surface area contributed by atoms with Gasteiger partial charge in [0.05, 0.1) is 5.69 Å². The third kappa shape index (κ3) is 3.19. The zero-order valence-electron chi connectivity index (χ0n) is 11.7. The standard InChI is InChI=1S/C16H16IN3O/c1-11(18)9-14-16(19-15-7-2-3-8-20(14)15)21-13-6-4-5-12(17)10-13/h2-8,10-11H,9,18H2,1H3. The van der Waals surface area contributed by atoms with E-state index in [1.165, 1.54) is 0 Å². The summed E-state index contributed by atoms with van der Waals surface area (Å²) in [5.41, 5.74) is 7.83. The molecule has 21 heavy (non-hydrogen) atoms. The molecule has 3 rings (SSSR count). The van der Waals surface area contributed by atoms with E-state index in [2.05, 4.69) is 27.6 Å². The molecule has 0 saturated heterocycles. The maximum atomic E-state index is 5.98. The van der Waals surface area contributed by atoms with Crippen LogP contribution < -0.4 is 10.5 Å². The Morgan fingerprint density at radius 3 is 2.90 bits per heavy atom. The highest BCUT2D eigenvalue weighted by atomic mass is 127. The summed E-state index contributed by atoms with van der Waals surface area (Å²) in [6, 6.07) is 13.9. The van der Waals surface area contributed by atoms with E-state index in [4.69, 9.17) is 10.5 Å². The van der Waals surface area contributed by atoms with Crippen LogP contribution in [0.15, 0.2) is 48.7 Å². The number of rotatable bonds is 4. The second-order valence-corrected chi connectivity index (χ2v) is 6.28. The van der Waals surface area contributed by atoms with Crippen LogP contribution in [0, 0.1) is 3.57 Å². The molecule has 0 aliphatic rings. The van der Waals surface area contributed by atoms with Gasteiger partial charge in [0.1, 0.15) is 11.4 Å². The molecule has 2 heterocycles.